The van der Waals surface area contributed by atoms with Gasteiger partial charge in [0.05, 0.1) is 6.54 Å². The molecule has 0 radical (unpaired) electrons. The molecule has 1 atom stereocenters. The zero-order valence-corrected chi connectivity index (χ0v) is 12.6. The summed E-state index contributed by atoms with van der Waals surface area (Å²) in [4.78, 5) is 14.3. The fourth-order valence-corrected chi connectivity index (χ4v) is 3.04. The first kappa shape index (κ1) is 16.1. The number of likely N-dealkylation sites (tertiary alicyclic amines) is 1. The molecule has 1 fully saturated rings. The van der Waals surface area contributed by atoms with E-state index in [4.69, 9.17) is 0 Å². The molecule has 0 aromatic heterocycles. The highest BCUT2D eigenvalue weighted by Gasteiger charge is 2.19. The summed E-state index contributed by atoms with van der Waals surface area (Å²) in [6.07, 6.45) is 5.92. The Morgan fingerprint density at radius 1 is 1.24 bits per heavy atom. The molecule has 116 valence electrons. The number of hydrogen-bond acceptors (Lipinski definition) is 2. The van der Waals surface area contributed by atoms with Gasteiger partial charge >= 0.3 is 0 Å². The molecule has 0 aliphatic carbocycles. The Balaban J connectivity index is 1.91. The van der Waals surface area contributed by atoms with Crippen LogP contribution in [-0.2, 0) is 0 Å². The lowest BCUT2D eigenvalue weighted by Gasteiger charge is -2.19. The molecule has 1 aliphatic rings. The summed E-state index contributed by atoms with van der Waals surface area (Å²) in [6.45, 7) is 4.33. The van der Waals surface area contributed by atoms with Crippen molar-refractivity contribution >= 4 is 5.78 Å². The molecule has 0 saturated carbocycles. The van der Waals surface area contributed by atoms with Gasteiger partial charge in [-0.3, -0.25) is 9.69 Å². The predicted octanol–water partition coefficient (Wildman–Crippen LogP) is 4.05. The van der Waals surface area contributed by atoms with Crippen molar-refractivity contribution in [1.82, 2.24) is 4.90 Å². The SMILES string of the molecule is CCCC1CCCN(CC(=O)c2ccc(F)c(F)c2)CC1. The third kappa shape index (κ3) is 4.60. The second kappa shape index (κ2) is 7.64. The lowest BCUT2D eigenvalue weighted by atomic mass is 9.96. The average Bonchev–Trinajstić information content (AvgIpc) is 2.68. The topological polar surface area (TPSA) is 20.3 Å². The van der Waals surface area contributed by atoms with E-state index in [1.54, 1.807) is 0 Å². The second-order valence-corrected chi connectivity index (χ2v) is 5.91. The molecule has 0 spiro atoms. The van der Waals surface area contributed by atoms with Crippen LogP contribution in [-0.4, -0.2) is 30.3 Å². The number of nitrogens with zero attached hydrogens (tertiary/aromatic N) is 1. The summed E-state index contributed by atoms with van der Waals surface area (Å²) in [5, 5.41) is 0. The molecule has 21 heavy (non-hydrogen) atoms. The second-order valence-electron chi connectivity index (χ2n) is 5.91. The number of Topliss-reactive ketones (excluding diaryl/α,β-unsaturated/α-hetero) is 1. The van der Waals surface area contributed by atoms with E-state index < -0.39 is 11.6 Å². The van der Waals surface area contributed by atoms with Crippen molar-refractivity contribution in [3.8, 4) is 0 Å². The van der Waals surface area contributed by atoms with Crippen LogP contribution in [0.2, 0.25) is 0 Å². The first-order chi connectivity index (χ1) is 10.1. The maximum Gasteiger partial charge on any atom is 0.176 e. The van der Waals surface area contributed by atoms with Gasteiger partial charge in [0.1, 0.15) is 0 Å². The van der Waals surface area contributed by atoms with Crippen LogP contribution in [0.15, 0.2) is 18.2 Å². The van der Waals surface area contributed by atoms with Crippen LogP contribution in [0.3, 0.4) is 0 Å². The van der Waals surface area contributed by atoms with E-state index in [-0.39, 0.29) is 11.3 Å². The minimum atomic E-state index is -0.959. The van der Waals surface area contributed by atoms with E-state index in [1.165, 1.54) is 25.3 Å². The Kier molecular flexibility index (Phi) is 5.85. The van der Waals surface area contributed by atoms with Gasteiger partial charge in [-0.2, -0.15) is 0 Å². The lowest BCUT2D eigenvalue weighted by Crippen LogP contribution is -2.31. The summed E-state index contributed by atoms with van der Waals surface area (Å²) in [5.74, 6) is -1.25. The van der Waals surface area contributed by atoms with E-state index in [2.05, 4.69) is 11.8 Å². The minimum Gasteiger partial charge on any atom is -0.296 e. The van der Waals surface area contributed by atoms with Crippen molar-refractivity contribution in [1.29, 1.82) is 0 Å². The normalized spacial score (nSPS) is 20.2. The number of carbonyl (C=O) groups is 1. The van der Waals surface area contributed by atoms with Gasteiger partial charge in [-0.15, -0.1) is 0 Å². The molecular weight excluding hydrogens is 272 g/mol. The highest BCUT2D eigenvalue weighted by molar-refractivity contribution is 5.97. The number of halogens is 2. The standard InChI is InChI=1S/C17H23F2NO/c1-2-4-13-5-3-9-20(10-8-13)12-17(21)14-6-7-15(18)16(19)11-14/h6-7,11,13H,2-5,8-10,12H2,1H3. The van der Waals surface area contributed by atoms with Crippen LogP contribution in [0, 0.1) is 17.6 Å². The number of ketones is 1. The first-order valence-electron chi connectivity index (χ1n) is 7.80. The number of hydrogen-bond donors (Lipinski definition) is 0. The van der Waals surface area contributed by atoms with Crippen LogP contribution < -0.4 is 0 Å². The zero-order valence-electron chi connectivity index (χ0n) is 12.6. The van der Waals surface area contributed by atoms with Crippen molar-refractivity contribution < 1.29 is 13.6 Å². The molecule has 0 N–H and O–H groups in total. The molecule has 0 bridgehead atoms. The smallest absolute Gasteiger partial charge is 0.176 e. The summed E-state index contributed by atoms with van der Waals surface area (Å²) in [7, 11) is 0. The fraction of sp³-hybridized carbons (Fsp3) is 0.588. The van der Waals surface area contributed by atoms with E-state index in [9.17, 15) is 13.6 Å². The van der Waals surface area contributed by atoms with Crippen molar-refractivity contribution in [2.24, 2.45) is 5.92 Å². The van der Waals surface area contributed by atoms with Crippen LogP contribution in [0.4, 0.5) is 8.78 Å². The molecule has 4 heteroatoms. The summed E-state index contributed by atoms with van der Waals surface area (Å²) < 4.78 is 26.1. The largest absolute Gasteiger partial charge is 0.296 e. The highest BCUT2D eigenvalue weighted by atomic mass is 19.2. The molecule has 2 rings (SSSR count). The van der Waals surface area contributed by atoms with Gasteiger partial charge < -0.3 is 0 Å². The van der Waals surface area contributed by atoms with Gasteiger partial charge in [0, 0.05) is 5.56 Å². The van der Waals surface area contributed by atoms with Crippen molar-refractivity contribution in [3.63, 3.8) is 0 Å². The Morgan fingerprint density at radius 2 is 2.05 bits per heavy atom. The quantitative estimate of drug-likeness (QED) is 0.764. The third-order valence-corrected chi connectivity index (χ3v) is 4.25. The Labute approximate surface area is 125 Å². The van der Waals surface area contributed by atoms with Crippen molar-refractivity contribution in [2.45, 2.75) is 39.0 Å². The van der Waals surface area contributed by atoms with Gasteiger partial charge in [0.25, 0.3) is 0 Å². The lowest BCUT2D eigenvalue weighted by molar-refractivity contribution is 0.0931. The number of benzene rings is 1. The van der Waals surface area contributed by atoms with Crippen molar-refractivity contribution in [3.05, 3.63) is 35.4 Å². The Hall–Kier alpha value is -1.29. The summed E-state index contributed by atoms with van der Waals surface area (Å²) in [6, 6.07) is 3.37. The van der Waals surface area contributed by atoms with Crippen LogP contribution in [0.25, 0.3) is 0 Å². The molecule has 1 unspecified atom stereocenters. The minimum absolute atomic E-state index is 0.136. The zero-order chi connectivity index (χ0) is 15.2. The monoisotopic (exact) mass is 295 g/mol. The van der Waals surface area contributed by atoms with Gasteiger partial charge in [0.2, 0.25) is 0 Å². The maximum absolute atomic E-state index is 13.2. The molecule has 1 aliphatic heterocycles. The first-order valence-corrected chi connectivity index (χ1v) is 7.80. The molecule has 2 nitrogen and oxygen atoms in total. The number of carbonyl (C=O) groups excluding carboxylic acids is 1. The molecule has 1 aromatic carbocycles. The van der Waals surface area contributed by atoms with Crippen LogP contribution >= 0.6 is 0 Å². The summed E-state index contributed by atoms with van der Waals surface area (Å²) in [5.41, 5.74) is 0.253. The van der Waals surface area contributed by atoms with Crippen LogP contribution in [0.1, 0.15) is 49.4 Å². The molecule has 1 aromatic rings. The summed E-state index contributed by atoms with van der Waals surface area (Å²) >= 11 is 0. The van der Waals surface area contributed by atoms with Gasteiger partial charge in [0.15, 0.2) is 17.4 Å². The average molecular weight is 295 g/mol. The van der Waals surface area contributed by atoms with Crippen molar-refractivity contribution in [2.75, 3.05) is 19.6 Å². The molecule has 1 heterocycles. The fourth-order valence-electron chi connectivity index (χ4n) is 3.04. The maximum atomic E-state index is 13.2. The highest BCUT2D eigenvalue weighted by Crippen LogP contribution is 2.22. The van der Waals surface area contributed by atoms with Gasteiger partial charge in [-0.1, -0.05) is 19.8 Å². The predicted molar refractivity (Wildman–Crippen MR) is 79.4 cm³/mol. The van der Waals surface area contributed by atoms with E-state index >= 15 is 0 Å². The van der Waals surface area contributed by atoms with Gasteiger partial charge in [-0.05, 0) is 56.5 Å². The van der Waals surface area contributed by atoms with Gasteiger partial charge in [-0.25, -0.2) is 8.78 Å². The number of rotatable bonds is 5. The molecule has 0 amide bonds. The van der Waals surface area contributed by atoms with E-state index in [1.807, 2.05) is 0 Å². The molecular formula is C17H23F2NO. The Bertz CT molecular complexity index is 490. The van der Waals surface area contributed by atoms with E-state index in [0.717, 1.165) is 44.0 Å². The third-order valence-electron chi connectivity index (χ3n) is 4.25. The van der Waals surface area contributed by atoms with Crippen LogP contribution in [0.5, 0.6) is 0 Å². The van der Waals surface area contributed by atoms with E-state index in [0.29, 0.717) is 6.54 Å². The molecule has 1 saturated heterocycles. The Morgan fingerprint density at radius 3 is 2.76 bits per heavy atom.